The van der Waals surface area contributed by atoms with Gasteiger partial charge < -0.3 is 1.43 Å². The molecular formula is C4H6KNO2. The third-order valence-corrected chi connectivity index (χ3v) is 0.858. The zero-order chi connectivity index (χ0) is 5.28. The molecule has 1 saturated heterocycles. The van der Waals surface area contributed by atoms with Crippen LogP contribution in [0.25, 0.3) is 0 Å². The third kappa shape index (κ3) is 2.37. The van der Waals surface area contributed by atoms with Crippen LogP contribution in [0.2, 0.25) is 0 Å². The van der Waals surface area contributed by atoms with Gasteiger partial charge in [-0.05, 0) is 0 Å². The normalized spacial score (nSPS) is 17.5. The summed E-state index contributed by atoms with van der Waals surface area (Å²) >= 11 is 0. The van der Waals surface area contributed by atoms with Gasteiger partial charge in [-0.1, -0.05) is 0 Å². The van der Waals surface area contributed by atoms with Crippen molar-refractivity contribution in [2.75, 3.05) is 0 Å². The summed E-state index contributed by atoms with van der Waals surface area (Å²) in [7, 11) is 0. The number of nitrogens with one attached hydrogen (secondary N) is 1. The molecular weight excluding hydrogens is 133 g/mol. The molecule has 1 rings (SSSR count). The number of imide groups is 1. The molecule has 0 radical (unpaired) electrons. The van der Waals surface area contributed by atoms with E-state index in [4.69, 9.17) is 0 Å². The van der Waals surface area contributed by atoms with E-state index in [1.54, 1.807) is 0 Å². The van der Waals surface area contributed by atoms with E-state index in [2.05, 4.69) is 5.32 Å². The fourth-order valence-electron chi connectivity index (χ4n) is 0.508. The average Bonchev–Trinajstić information content (AvgIpc) is 1.87. The summed E-state index contributed by atoms with van der Waals surface area (Å²) in [6.45, 7) is 0. The van der Waals surface area contributed by atoms with Crippen molar-refractivity contribution >= 4 is 11.8 Å². The molecule has 1 fully saturated rings. The molecule has 0 aromatic rings. The fourth-order valence-corrected chi connectivity index (χ4v) is 0.508. The predicted molar refractivity (Wildman–Crippen MR) is 23.5 cm³/mol. The Labute approximate surface area is 91.1 Å². The van der Waals surface area contributed by atoms with Gasteiger partial charge >= 0.3 is 51.4 Å². The molecule has 0 aromatic heterocycles. The summed E-state index contributed by atoms with van der Waals surface area (Å²) in [6.07, 6.45) is 0.748. The van der Waals surface area contributed by atoms with Crippen molar-refractivity contribution in [2.24, 2.45) is 0 Å². The van der Waals surface area contributed by atoms with Gasteiger partial charge in [0, 0.05) is 12.8 Å². The molecule has 4 heteroatoms. The Morgan fingerprint density at radius 2 is 1.62 bits per heavy atom. The monoisotopic (exact) mass is 139 g/mol. The first-order chi connectivity index (χ1) is 3.29. The van der Waals surface area contributed by atoms with E-state index in [1.165, 1.54) is 0 Å². The maximum Gasteiger partial charge on any atom is 1.00 e. The van der Waals surface area contributed by atoms with Crippen LogP contribution in [0.15, 0.2) is 0 Å². The Bertz CT molecular complexity index is 114. The van der Waals surface area contributed by atoms with Crippen LogP contribution >= 0.6 is 0 Å². The van der Waals surface area contributed by atoms with Crippen LogP contribution in [-0.2, 0) is 9.59 Å². The fraction of sp³-hybridized carbons (Fsp3) is 0.500. The molecule has 1 aliphatic heterocycles. The van der Waals surface area contributed by atoms with E-state index >= 15 is 0 Å². The second-order valence-electron chi connectivity index (χ2n) is 1.47. The molecule has 1 aliphatic rings. The minimum atomic E-state index is -0.148. The topological polar surface area (TPSA) is 46.2 Å². The van der Waals surface area contributed by atoms with E-state index in [9.17, 15) is 9.59 Å². The second-order valence-corrected chi connectivity index (χ2v) is 1.47. The van der Waals surface area contributed by atoms with Crippen molar-refractivity contribution in [3.63, 3.8) is 0 Å². The molecule has 0 unspecified atom stereocenters. The average molecular weight is 139 g/mol. The first kappa shape index (κ1) is 8.78. The second kappa shape index (κ2) is 3.74. The number of carbonyl (C=O) groups excluding carboxylic acids is 2. The van der Waals surface area contributed by atoms with Gasteiger partial charge in [0.05, 0.1) is 0 Å². The summed E-state index contributed by atoms with van der Waals surface area (Å²) in [6, 6.07) is 0. The van der Waals surface area contributed by atoms with Gasteiger partial charge in [-0.25, -0.2) is 0 Å². The Kier molecular flexibility index (Phi) is 4.10. The standard InChI is InChI=1S/C4H5NO2.K.H/c6-3-1-2-4(7)5-3;;/h1-2H2,(H,5,6,7);;/q;+1;-1. The van der Waals surface area contributed by atoms with Crippen LogP contribution in [0.4, 0.5) is 0 Å². The molecule has 0 saturated carbocycles. The molecule has 0 aromatic carbocycles. The Morgan fingerprint density at radius 3 is 1.75 bits per heavy atom. The SMILES string of the molecule is O=C1CCC(=O)N1.[H-].[K+]. The molecule has 1 heterocycles. The number of carbonyl (C=O) groups is 2. The molecule has 40 valence electrons. The number of hydrogen-bond acceptors (Lipinski definition) is 2. The van der Waals surface area contributed by atoms with Crippen LogP contribution in [0.5, 0.6) is 0 Å². The van der Waals surface area contributed by atoms with Crippen molar-refractivity contribution in [2.45, 2.75) is 12.8 Å². The van der Waals surface area contributed by atoms with E-state index in [0.717, 1.165) is 0 Å². The molecule has 0 spiro atoms. The predicted octanol–water partition coefficient (Wildman–Crippen LogP) is -3.46. The van der Waals surface area contributed by atoms with Crippen molar-refractivity contribution < 1.29 is 62.4 Å². The molecule has 0 aliphatic carbocycles. The number of rotatable bonds is 0. The van der Waals surface area contributed by atoms with Gasteiger partial charge in [0.15, 0.2) is 0 Å². The molecule has 8 heavy (non-hydrogen) atoms. The summed E-state index contributed by atoms with van der Waals surface area (Å²) in [5, 5.41) is 2.14. The van der Waals surface area contributed by atoms with Gasteiger partial charge in [0.1, 0.15) is 0 Å². The summed E-state index contributed by atoms with van der Waals surface area (Å²) < 4.78 is 0. The maximum atomic E-state index is 10.1. The smallest absolute Gasteiger partial charge is 1.00 e. The number of amides is 2. The van der Waals surface area contributed by atoms with Gasteiger partial charge in [0.2, 0.25) is 11.8 Å². The largest absolute Gasteiger partial charge is 1.00 e. The summed E-state index contributed by atoms with van der Waals surface area (Å²) in [5.74, 6) is -0.296. The summed E-state index contributed by atoms with van der Waals surface area (Å²) in [4.78, 5) is 20.2. The first-order valence-corrected chi connectivity index (χ1v) is 2.12. The zero-order valence-corrected chi connectivity index (χ0v) is 7.85. The molecule has 1 N–H and O–H groups in total. The van der Waals surface area contributed by atoms with Gasteiger partial charge in [0.25, 0.3) is 0 Å². The van der Waals surface area contributed by atoms with Gasteiger partial charge in [-0.2, -0.15) is 0 Å². The Hall–Kier alpha value is 0.776. The van der Waals surface area contributed by atoms with Crippen LogP contribution < -0.4 is 56.7 Å². The van der Waals surface area contributed by atoms with E-state index in [1.807, 2.05) is 0 Å². The third-order valence-electron chi connectivity index (χ3n) is 0.858. The van der Waals surface area contributed by atoms with E-state index < -0.39 is 0 Å². The summed E-state index contributed by atoms with van der Waals surface area (Å²) in [5.41, 5.74) is 0. The zero-order valence-electron chi connectivity index (χ0n) is 5.73. The minimum Gasteiger partial charge on any atom is -1.00 e. The Balaban J connectivity index is 0. The molecule has 0 atom stereocenters. The quantitative estimate of drug-likeness (QED) is 0.280. The molecule has 0 bridgehead atoms. The van der Waals surface area contributed by atoms with Crippen LogP contribution in [0.1, 0.15) is 14.3 Å². The van der Waals surface area contributed by atoms with Crippen LogP contribution in [0, 0.1) is 0 Å². The van der Waals surface area contributed by atoms with Crippen molar-refractivity contribution in [3.8, 4) is 0 Å². The van der Waals surface area contributed by atoms with Crippen molar-refractivity contribution in [3.05, 3.63) is 0 Å². The first-order valence-electron chi connectivity index (χ1n) is 2.12. The van der Waals surface area contributed by atoms with Gasteiger partial charge in [-0.3, -0.25) is 14.9 Å². The number of hydrogen-bond donors (Lipinski definition) is 1. The maximum absolute atomic E-state index is 10.1. The van der Waals surface area contributed by atoms with Crippen LogP contribution in [0.3, 0.4) is 0 Å². The Morgan fingerprint density at radius 1 is 1.25 bits per heavy atom. The van der Waals surface area contributed by atoms with Gasteiger partial charge in [-0.15, -0.1) is 0 Å². The minimum absolute atomic E-state index is 0. The van der Waals surface area contributed by atoms with E-state index in [0.29, 0.717) is 12.8 Å². The van der Waals surface area contributed by atoms with Crippen molar-refractivity contribution in [1.29, 1.82) is 0 Å². The molecule has 3 nitrogen and oxygen atoms in total. The van der Waals surface area contributed by atoms with Crippen LogP contribution in [-0.4, -0.2) is 11.8 Å². The van der Waals surface area contributed by atoms with E-state index in [-0.39, 0.29) is 64.6 Å². The molecule has 2 amide bonds. The van der Waals surface area contributed by atoms with Crippen molar-refractivity contribution in [1.82, 2.24) is 5.32 Å².